The molecule has 0 spiro atoms. The molecule has 9 heteroatoms. The van der Waals surface area contributed by atoms with Crippen molar-refractivity contribution in [1.29, 1.82) is 0 Å². The van der Waals surface area contributed by atoms with Gasteiger partial charge in [-0.2, -0.15) is 0 Å². The molecule has 0 aliphatic rings. The second-order valence-electron chi connectivity index (χ2n) is 7.48. The standard InChI is InChI=1S/C26H18F2N2O4S/c27-19-7-11-21(12-8-19)29-25(31)17-3-1-5-23(15-17)35(33,34)24-6-2-4-18(16-24)26(32)30-22-13-9-20(28)10-14-22/h1-16H,(H,29,31)(H,30,32). The van der Waals surface area contributed by atoms with Gasteiger partial charge in [0.1, 0.15) is 11.6 Å². The van der Waals surface area contributed by atoms with Gasteiger partial charge in [0.2, 0.25) is 9.84 Å². The summed E-state index contributed by atoms with van der Waals surface area (Å²) in [5.41, 5.74) is 0.871. The van der Waals surface area contributed by atoms with Crippen LogP contribution in [0.4, 0.5) is 20.2 Å². The fraction of sp³-hybridized carbons (Fsp3) is 0. The van der Waals surface area contributed by atoms with Crippen LogP contribution in [-0.4, -0.2) is 20.2 Å². The third kappa shape index (κ3) is 5.59. The SMILES string of the molecule is O=C(Nc1ccc(F)cc1)c1cccc(S(=O)(=O)c2cccc(C(=O)Nc3ccc(F)cc3)c2)c1. The summed E-state index contributed by atoms with van der Waals surface area (Å²) in [5.74, 6) is -2.04. The van der Waals surface area contributed by atoms with E-state index in [1.807, 2.05) is 0 Å². The highest BCUT2D eigenvalue weighted by molar-refractivity contribution is 7.91. The first-order chi connectivity index (χ1) is 16.7. The van der Waals surface area contributed by atoms with E-state index >= 15 is 0 Å². The molecule has 35 heavy (non-hydrogen) atoms. The molecule has 0 radical (unpaired) electrons. The molecule has 6 nitrogen and oxygen atoms in total. The van der Waals surface area contributed by atoms with Crippen molar-refractivity contribution in [2.45, 2.75) is 9.79 Å². The Bertz CT molecular complexity index is 1390. The molecular formula is C26H18F2N2O4S. The van der Waals surface area contributed by atoms with Gasteiger partial charge in [-0.05, 0) is 84.9 Å². The van der Waals surface area contributed by atoms with Gasteiger partial charge < -0.3 is 10.6 Å². The Morgan fingerprint density at radius 3 is 1.31 bits per heavy atom. The van der Waals surface area contributed by atoms with Crippen LogP contribution >= 0.6 is 0 Å². The van der Waals surface area contributed by atoms with Crippen molar-refractivity contribution in [3.8, 4) is 0 Å². The highest BCUT2D eigenvalue weighted by Gasteiger charge is 2.21. The van der Waals surface area contributed by atoms with E-state index in [2.05, 4.69) is 10.6 Å². The summed E-state index contributed by atoms with van der Waals surface area (Å²) in [4.78, 5) is 24.9. The number of halogens is 2. The minimum Gasteiger partial charge on any atom is -0.322 e. The van der Waals surface area contributed by atoms with Crippen LogP contribution < -0.4 is 10.6 Å². The van der Waals surface area contributed by atoms with E-state index in [-0.39, 0.29) is 20.9 Å². The Balaban J connectivity index is 1.56. The number of amides is 2. The Morgan fingerprint density at radius 1 is 0.571 bits per heavy atom. The zero-order valence-corrected chi connectivity index (χ0v) is 18.9. The average Bonchev–Trinajstić information content (AvgIpc) is 2.87. The fourth-order valence-corrected chi connectivity index (χ4v) is 4.57. The smallest absolute Gasteiger partial charge is 0.255 e. The topological polar surface area (TPSA) is 92.3 Å². The lowest BCUT2D eigenvalue weighted by atomic mass is 10.2. The summed E-state index contributed by atoms with van der Waals surface area (Å²) in [7, 11) is -4.07. The van der Waals surface area contributed by atoms with E-state index in [4.69, 9.17) is 0 Å². The molecule has 0 aliphatic carbocycles. The van der Waals surface area contributed by atoms with Crippen LogP contribution in [0.15, 0.2) is 107 Å². The highest BCUT2D eigenvalue weighted by Crippen LogP contribution is 2.24. The summed E-state index contributed by atoms with van der Waals surface area (Å²) < 4.78 is 52.6. The summed E-state index contributed by atoms with van der Waals surface area (Å²) in [6.07, 6.45) is 0. The fourth-order valence-electron chi connectivity index (χ4n) is 3.22. The van der Waals surface area contributed by atoms with Crippen molar-refractivity contribution in [3.63, 3.8) is 0 Å². The van der Waals surface area contributed by atoms with Gasteiger partial charge in [-0.15, -0.1) is 0 Å². The summed E-state index contributed by atoms with van der Waals surface area (Å²) >= 11 is 0. The molecule has 0 bridgehead atoms. The van der Waals surface area contributed by atoms with E-state index < -0.39 is 33.3 Å². The van der Waals surface area contributed by atoms with Gasteiger partial charge in [-0.1, -0.05) is 12.1 Å². The quantitative estimate of drug-likeness (QED) is 0.382. The Labute approximate surface area is 200 Å². The first-order valence-corrected chi connectivity index (χ1v) is 11.8. The maximum absolute atomic E-state index is 13.2. The number of sulfone groups is 1. The van der Waals surface area contributed by atoms with Crippen LogP contribution in [0, 0.1) is 11.6 Å². The number of hydrogen-bond donors (Lipinski definition) is 2. The lowest BCUT2D eigenvalue weighted by Crippen LogP contribution is -2.14. The zero-order chi connectivity index (χ0) is 25.0. The van der Waals surface area contributed by atoms with E-state index in [0.717, 1.165) is 0 Å². The third-order valence-electron chi connectivity index (χ3n) is 5.02. The summed E-state index contributed by atoms with van der Waals surface area (Å²) in [6, 6.07) is 21.2. The second-order valence-corrected chi connectivity index (χ2v) is 9.43. The van der Waals surface area contributed by atoms with Crippen LogP contribution in [0.25, 0.3) is 0 Å². The number of anilines is 2. The number of carbonyl (C=O) groups excluding carboxylic acids is 2. The summed E-state index contributed by atoms with van der Waals surface area (Å²) in [6.45, 7) is 0. The molecule has 0 aliphatic heterocycles. The van der Waals surface area contributed by atoms with Crippen LogP contribution in [0.1, 0.15) is 20.7 Å². The predicted octanol–water partition coefficient (Wildman–Crippen LogP) is 5.30. The van der Waals surface area contributed by atoms with E-state index in [0.29, 0.717) is 11.4 Å². The van der Waals surface area contributed by atoms with Gasteiger partial charge in [-0.3, -0.25) is 9.59 Å². The van der Waals surface area contributed by atoms with Crippen molar-refractivity contribution in [1.82, 2.24) is 0 Å². The number of rotatable bonds is 6. The molecule has 4 aromatic carbocycles. The molecule has 2 amide bonds. The lowest BCUT2D eigenvalue weighted by molar-refractivity contribution is 0.101. The second kappa shape index (κ2) is 9.86. The van der Waals surface area contributed by atoms with Crippen molar-refractivity contribution in [2.75, 3.05) is 10.6 Å². The van der Waals surface area contributed by atoms with Gasteiger partial charge in [0, 0.05) is 22.5 Å². The Hall–Kier alpha value is -4.37. The molecule has 0 aromatic heterocycles. The van der Waals surface area contributed by atoms with Gasteiger partial charge in [0.05, 0.1) is 9.79 Å². The van der Waals surface area contributed by atoms with E-state index in [9.17, 15) is 26.8 Å². The minimum atomic E-state index is -4.07. The number of nitrogens with one attached hydrogen (secondary N) is 2. The van der Waals surface area contributed by atoms with Crippen LogP contribution in [0.5, 0.6) is 0 Å². The molecule has 4 aromatic rings. The van der Waals surface area contributed by atoms with Gasteiger partial charge in [0.15, 0.2) is 0 Å². The monoisotopic (exact) mass is 492 g/mol. The van der Waals surface area contributed by atoms with Gasteiger partial charge in [-0.25, -0.2) is 17.2 Å². The van der Waals surface area contributed by atoms with Crippen molar-refractivity contribution in [2.24, 2.45) is 0 Å². The zero-order valence-electron chi connectivity index (χ0n) is 18.0. The largest absolute Gasteiger partial charge is 0.322 e. The molecule has 176 valence electrons. The summed E-state index contributed by atoms with van der Waals surface area (Å²) in [5, 5.41) is 5.16. The maximum atomic E-state index is 13.2. The first kappa shape index (κ1) is 23.8. The first-order valence-electron chi connectivity index (χ1n) is 10.3. The van der Waals surface area contributed by atoms with Gasteiger partial charge in [0.25, 0.3) is 11.8 Å². The van der Waals surface area contributed by atoms with E-state index in [1.165, 1.54) is 97.1 Å². The molecule has 0 fully saturated rings. The molecule has 2 N–H and O–H groups in total. The number of carbonyl (C=O) groups is 2. The third-order valence-corrected chi connectivity index (χ3v) is 6.77. The number of hydrogen-bond acceptors (Lipinski definition) is 4. The van der Waals surface area contributed by atoms with Crippen LogP contribution in [0.3, 0.4) is 0 Å². The van der Waals surface area contributed by atoms with Gasteiger partial charge >= 0.3 is 0 Å². The van der Waals surface area contributed by atoms with Crippen LogP contribution in [0.2, 0.25) is 0 Å². The van der Waals surface area contributed by atoms with E-state index in [1.54, 1.807) is 0 Å². The molecule has 0 heterocycles. The molecular weight excluding hydrogens is 474 g/mol. The predicted molar refractivity (Wildman–Crippen MR) is 127 cm³/mol. The molecule has 0 saturated carbocycles. The highest BCUT2D eigenvalue weighted by atomic mass is 32.2. The molecule has 0 saturated heterocycles. The molecule has 0 unspecified atom stereocenters. The van der Waals surface area contributed by atoms with Crippen molar-refractivity contribution >= 4 is 33.0 Å². The van der Waals surface area contributed by atoms with Crippen LogP contribution in [-0.2, 0) is 9.84 Å². The lowest BCUT2D eigenvalue weighted by Gasteiger charge is -2.10. The molecule has 4 rings (SSSR count). The maximum Gasteiger partial charge on any atom is 0.255 e. The van der Waals surface area contributed by atoms with Crippen molar-refractivity contribution in [3.05, 3.63) is 120 Å². The average molecular weight is 493 g/mol. The number of benzene rings is 4. The normalized spacial score (nSPS) is 11.0. The van der Waals surface area contributed by atoms with Crippen molar-refractivity contribution < 1.29 is 26.8 Å². The Kier molecular flexibility index (Phi) is 6.70. The Morgan fingerprint density at radius 2 is 0.943 bits per heavy atom. The minimum absolute atomic E-state index is 0.0839. The molecule has 0 atom stereocenters.